The van der Waals surface area contributed by atoms with Crippen LogP contribution in [0.5, 0.6) is 0 Å². The molecule has 0 fully saturated rings. The Morgan fingerprint density at radius 3 is 2.43 bits per heavy atom. The molecule has 1 unspecified atom stereocenters. The molecule has 1 aromatic rings. The van der Waals surface area contributed by atoms with Crippen molar-refractivity contribution in [2.75, 3.05) is 0 Å². The smallest absolute Gasteiger partial charge is 0.320 e. The number of nitrogens with one attached hydrogen (secondary N) is 1. The van der Waals surface area contributed by atoms with Crippen molar-refractivity contribution in [1.82, 2.24) is 10.2 Å². The molecule has 5 nitrogen and oxygen atoms in total. The minimum atomic E-state index is -0.913. The van der Waals surface area contributed by atoms with Gasteiger partial charge in [-0.05, 0) is 18.4 Å². The van der Waals surface area contributed by atoms with Gasteiger partial charge in [-0.1, -0.05) is 13.8 Å². The van der Waals surface area contributed by atoms with E-state index in [1.165, 1.54) is 0 Å². The third-order valence-electron chi connectivity index (χ3n) is 1.45. The van der Waals surface area contributed by atoms with E-state index in [-0.39, 0.29) is 0 Å². The number of hydrogen-bond donors (Lipinski definition) is 3. The zero-order valence-electron chi connectivity index (χ0n) is 8.47. The second-order valence-electron chi connectivity index (χ2n) is 3.34. The standard InChI is InChI=1S/C6H13NO2.C3H4N2/c1-4(2)3-5(7)6(8)9;1-2-4-5-3-1/h4-5H,3,7H2,1-2H3,(H,8,9);1-3H,(H,4,5). The maximum absolute atomic E-state index is 10.1. The van der Waals surface area contributed by atoms with Gasteiger partial charge in [0.05, 0.1) is 0 Å². The van der Waals surface area contributed by atoms with Crippen LogP contribution in [0.25, 0.3) is 0 Å². The normalized spacial score (nSPS) is 11.7. The highest BCUT2D eigenvalue weighted by atomic mass is 16.4. The number of rotatable bonds is 3. The van der Waals surface area contributed by atoms with Gasteiger partial charge in [-0.25, -0.2) is 0 Å². The Kier molecular flexibility index (Phi) is 6.39. The topological polar surface area (TPSA) is 92.0 Å². The van der Waals surface area contributed by atoms with Crippen molar-refractivity contribution in [3.63, 3.8) is 0 Å². The van der Waals surface area contributed by atoms with Crippen LogP contribution in [0.1, 0.15) is 20.3 Å². The van der Waals surface area contributed by atoms with Crippen LogP contribution in [0.15, 0.2) is 18.5 Å². The number of carboxylic acid groups (broad SMARTS) is 1. The lowest BCUT2D eigenvalue weighted by atomic mass is 10.1. The number of nitrogens with zero attached hydrogens (tertiary/aromatic N) is 1. The largest absolute Gasteiger partial charge is 0.480 e. The molecule has 0 aliphatic heterocycles. The Hall–Kier alpha value is -1.36. The fourth-order valence-corrected chi connectivity index (χ4v) is 0.824. The summed E-state index contributed by atoms with van der Waals surface area (Å²) in [5.74, 6) is -0.556. The molecule has 0 saturated carbocycles. The third kappa shape index (κ3) is 7.30. The van der Waals surface area contributed by atoms with E-state index in [0.29, 0.717) is 12.3 Å². The van der Waals surface area contributed by atoms with E-state index in [1.807, 2.05) is 19.9 Å². The Morgan fingerprint density at radius 2 is 2.29 bits per heavy atom. The van der Waals surface area contributed by atoms with Crippen molar-refractivity contribution in [2.45, 2.75) is 26.3 Å². The average molecular weight is 199 g/mol. The zero-order valence-corrected chi connectivity index (χ0v) is 8.47. The van der Waals surface area contributed by atoms with Gasteiger partial charge in [-0.2, -0.15) is 5.10 Å². The Morgan fingerprint density at radius 1 is 1.64 bits per heavy atom. The molecule has 0 aromatic carbocycles. The predicted molar refractivity (Wildman–Crippen MR) is 53.7 cm³/mol. The fourth-order valence-electron chi connectivity index (χ4n) is 0.824. The molecule has 0 bridgehead atoms. The van der Waals surface area contributed by atoms with Crippen LogP contribution in [-0.4, -0.2) is 27.3 Å². The number of carbonyl (C=O) groups is 1. The lowest BCUT2D eigenvalue weighted by Crippen LogP contribution is -2.31. The number of carboxylic acids is 1. The lowest BCUT2D eigenvalue weighted by molar-refractivity contribution is -0.138. The quantitative estimate of drug-likeness (QED) is 0.673. The molecule has 1 rings (SSSR count). The molecule has 1 atom stereocenters. The summed E-state index contributed by atoms with van der Waals surface area (Å²) in [7, 11) is 0. The second-order valence-corrected chi connectivity index (χ2v) is 3.34. The third-order valence-corrected chi connectivity index (χ3v) is 1.45. The SMILES string of the molecule is CC(C)CC(N)C(=O)O.c1cn[nH]c1. The van der Waals surface area contributed by atoms with Crippen LogP contribution >= 0.6 is 0 Å². The molecule has 4 N–H and O–H groups in total. The van der Waals surface area contributed by atoms with Crippen molar-refractivity contribution >= 4 is 5.97 Å². The number of H-pyrrole nitrogens is 1. The molecule has 0 spiro atoms. The molecule has 0 aliphatic carbocycles. The minimum Gasteiger partial charge on any atom is -0.480 e. The van der Waals surface area contributed by atoms with E-state index in [2.05, 4.69) is 10.2 Å². The molecule has 0 radical (unpaired) electrons. The Bertz CT molecular complexity index is 217. The van der Waals surface area contributed by atoms with Crippen molar-refractivity contribution in [1.29, 1.82) is 0 Å². The van der Waals surface area contributed by atoms with Crippen molar-refractivity contribution in [3.8, 4) is 0 Å². The van der Waals surface area contributed by atoms with Gasteiger partial charge in [0, 0.05) is 12.4 Å². The molecule has 1 heterocycles. The molecule has 80 valence electrons. The van der Waals surface area contributed by atoms with Gasteiger partial charge in [0.2, 0.25) is 0 Å². The first-order chi connectivity index (χ1) is 6.54. The fraction of sp³-hybridized carbons (Fsp3) is 0.556. The summed E-state index contributed by atoms with van der Waals surface area (Å²) in [6.45, 7) is 3.89. The van der Waals surface area contributed by atoms with Crippen LogP contribution < -0.4 is 5.73 Å². The minimum absolute atomic E-state index is 0.357. The molecule has 0 saturated heterocycles. The molecule has 14 heavy (non-hydrogen) atoms. The molecular weight excluding hydrogens is 182 g/mol. The second kappa shape index (κ2) is 7.08. The maximum atomic E-state index is 10.1. The summed E-state index contributed by atoms with van der Waals surface area (Å²) < 4.78 is 0. The first kappa shape index (κ1) is 12.6. The number of aliphatic carboxylic acids is 1. The summed E-state index contributed by atoms with van der Waals surface area (Å²) in [5.41, 5.74) is 5.22. The van der Waals surface area contributed by atoms with Crippen molar-refractivity contribution in [2.24, 2.45) is 11.7 Å². The van der Waals surface area contributed by atoms with Gasteiger partial charge in [-0.15, -0.1) is 0 Å². The molecule has 5 heteroatoms. The van der Waals surface area contributed by atoms with E-state index in [9.17, 15) is 4.79 Å². The monoisotopic (exact) mass is 199 g/mol. The molecule has 0 aliphatic rings. The van der Waals surface area contributed by atoms with E-state index < -0.39 is 12.0 Å². The Balaban J connectivity index is 0.000000280. The van der Waals surface area contributed by atoms with Gasteiger partial charge in [0.1, 0.15) is 6.04 Å². The Labute approximate surface area is 83.3 Å². The molecule has 1 aromatic heterocycles. The van der Waals surface area contributed by atoms with Gasteiger partial charge in [0.15, 0.2) is 0 Å². The van der Waals surface area contributed by atoms with Crippen LogP contribution in [0.4, 0.5) is 0 Å². The molecular formula is C9H17N3O2. The summed E-state index contributed by atoms with van der Waals surface area (Å²) in [5, 5.41) is 14.5. The summed E-state index contributed by atoms with van der Waals surface area (Å²) >= 11 is 0. The predicted octanol–water partition coefficient (Wildman–Crippen LogP) is 0.854. The van der Waals surface area contributed by atoms with Gasteiger partial charge < -0.3 is 10.8 Å². The highest BCUT2D eigenvalue weighted by Gasteiger charge is 2.11. The van der Waals surface area contributed by atoms with E-state index in [4.69, 9.17) is 10.8 Å². The summed E-state index contributed by atoms with van der Waals surface area (Å²) in [6.07, 6.45) is 4.01. The number of aromatic amines is 1. The van der Waals surface area contributed by atoms with Crippen LogP contribution in [-0.2, 0) is 4.79 Å². The first-order valence-corrected chi connectivity index (χ1v) is 4.46. The summed E-state index contributed by atoms with van der Waals surface area (Å²) in [6, 6.07) is 1.14. The van der Waals surface area contributed by atoms with E-state index in [0.717, 1.165) is 0 Å². The number of aromatic nitrogens is 2. The van der Waals surface area contributed by atoms with Gasteiger partial charge >= 0.3 is 5.97 Å². The highest BCUT2D eigenvalue weighted by Crippen LogP contribution is 2.01. The lowest BCUT2D eigenvalue weighted by Gasteiger charge is -2.07. The summed E-state index contributed by atoms with van der Waals surface area (Å²) in [4.78, 5) is 10.1. The number of nitrogens with two attached hydrogens (primary N) is 1. The van der Waals surface area contributed by atoms with E-state index in [1.54, 1.807) is 12.4 Å². The van der Waals surface area contributed by atoms with Gasteiger partial charge in [0.25, 0.3) is 0 Å². The molecule has 0 amide bonds. The zero-order chi connectivity index (χ0) is 11.0. The average Bonchev–Trinajstić information content (AvgIpc) is 2.59. The van der Waals surface area contributed by atoms with Crippen molar-refractivity contribution in [3.05, 3.63) is 18.5 Å². The first-order valence-electron chi connectivity index (χ1n) is 4.46. The van der Waals surface area contributed by atoms with Crippen LogP contribution in [0.2, 0.25) is 0 Å². The van der Waals surface area contributed by atoms with Crippen LogP contribution in [0.3, 0.4) is 0 Å². The van der Waals surface area contributed by atoms with E-state index >= 15 is 0 Å². The van der Waals surface area contributed by atoms with Gasteiger partial charge in [-0.3, -0.25) is 9.89 Å². The number of hydrogen-bond acceptors (Lipinski definition) is 3. The van der Waals surface area contributed by atoms with Crippen LogP contribution in [0, 0.1) is 5.92 Å². The highest BCUT2D eigenvalue weighted by molar-refractivity contribution is 5.72. The maximum Gasteiger partial charge on any atom is 0.320 e. The van der Waals surface area contributed by atoms with Crippen molar-refractivity contribution < 1.29 is 9.90 Å².